The average Bonchev–Trinajstić information content (AvgIpc) is 2.88. The smallest absolute Gasteiger partial charge is 0.337 e. The SMILES string of the molecule is COc1cccc(F)c1-c1nc2ncc(C(=O)O)cc2[nH]1. The fraction of sp³-hybridized carbons (Fsp3) is 0.0714. The molecule has 7 heteroatoms. The van der Waals surface area contributed by atoms with Crippen molar-refractivity contribution in [1.82, 2.24) is 15.0 Å². The number of ether oxygens (including phenoxy) is 1. The van der Waals surface area contributed by atoms with Gasteiger partial charge in [-0.15, -0.1) is 0 Å². The lowest BCUT2D eigenvalue weighted by atomic mass is 10.2. The fourth-order valence-corrected chi connectivity index (χ4v) is 2.04. The molecule has 0 amide bonds. The van der Waals surface area contributed by atoms with Gasteiger partial charge in [0.2, 0.25) is 0 Å². The van der Waals surface area contributed by atoms with Crippen LogP contribution in [0.15, 0.2) is 30.5 Å². The number of benzene rings is 1. The molecule has 0 saturated heterocycles. The van der Waals surface area contributed by atoms with Crippen LogP contribution in [0.1, 0.15) is 10.4 Å². The van der Waals surface area contributed by atoms with Gasteiger partial charge in [0, 0.05) is 6.20 Å². The van der Waals surface area contributed by atoms with Gasteiger partial charge in [-0.05, 0) is 18.2 Å². The Labute approximate surface area is 118 Å². The standard InChI is InChI=1S/C14H10FN3O3/c1-21-10-4-2-3-8(15)11(10)13-17-9-5-7(14(19)20)6-16-12(9)18-13/h2-6H,1H3,(H,19,20)(H,16,17,18). The third kappa shape index (κ3) is 2.18. The van der Waals surface area contributed by atoms with Crippen LogP contribution in [0.3, 0.4) is 0 Å². The average molecular weight is 287 g/mol. The molecule has 2 aromatic heterocycles. The zero-order chi connectivity index (χ0) is 15.0. The summed E-state index contributed by atoms with van der Waals surface area (Å²) in [7, 11) is 1.43. The Morgan fingerprint density at radius 1 is 1.43 bits per heavy atom. The first-order valence-corrected chi connectivity index (χ1v) is 6.02. The molecule has 0 spiro atoms. The van der Waals surface area contributed by atoms with Crippen molar-refractivity contribution in [2.75, 3.05) is 7.11 Å². The van der Waals surface area contributed by atoms with Crippen LogP contribution in [0.25, 0.3) is 22.6 Å². The highest BCUT2D eigenvalue weighted by molar-refractivity contribution is 5.91. The highest BCUT2D eigenvalue weighted by Gasteiger charge is 2.16. The molecule has 0 aliphatic carbocycles. The van der Waals surface area contributed by atoms with Crippen molar-refractivity contribution in [3.63, 3.8) is 0 Å². The number of nitrogens with zero attached hydrogens (tertiary/aromatic N) is 2. The van der Waals surface area contributed by atoms with Crippen LogP contribution in [0.5, 0.6) is 5.75 Å². The number of carboxylic acids is 1. The maximum atomic E-state index is 14.0. The Bertz CT molecular complexity index is 845. The van der Waals surface area contributed by atoms with Gasteiger partial charge < -0.3 is 14.8 Å². The predicted octanol–water partition coefficient (Wildman–Crippen LogP) is 2.47. The van der Waals surface area contributed by atoms with Gasteiger partial charge in [-0.25, -0.2) is 19.2 Å². The molecule has 21 heavy (non-hydrogen) atoms. The molecule has 2 N–H and O–H groups in total. The van der Waals surface area contributed by atoms with Crippen molar-refractivity contribution in [3.8, 4) is 17.1 Å². The minimum absolute atomic E-state index is 0.0261. The minimum Gasteiger partial charge on any atom is -0.496 e. The van der Waals surface area contributed by atoms with Crippen molar-refractivity contribution in [3.05, 3.63) is 41.8 Å². The Morgan fingerprint density at radius 2 is 2.24 bits per heavy atom. The Morgan fingerprint density at radius 3 is 2.95 bits per heavy atom. The maximum Gasteiger partial charge on any atom is 0.337 e. The third-order valence-electron chi connectivity index (χ3n) is 3.02. The van der Waals surface area contributed by atoms with Crippen LogP contribution in [0.2, 0.25) is 0 Å². The number of carbonyl (C=O) groups is 1. The second-order valence-electron chi connectivity index (χ2n) is 4.30. The largest absolute Gasteiger partial charge is 0.496 e. The summed E-state index contributed by atoms with van der Waals surface area (Å²) in [5.41, 5.74) is 0.920. The van der Waals surface area contributed by atoms with E-state index in [0.29, 0.717) is 16.9 Å². The number of imidazole rings is 1. The van der Waals surface area contributed by atoms with Crippen molar-refractivity contribution < 1.29 is 19.0 Å². The Kier molecular flexibility index (Phi) is 3.02. The van der Waals surface area contributed by atoms with E-state index < -0.39 is 11.8 Å². The molecule has 3 aromatic rings. The molecule has 0 fully saturated rings. The number of carboxylic acid groups (broad SMARTS) is 1. The normalized spacial score (nSPS) is 10.8. The highest BCUT2D eigenvalue weighted by atomic mass is 19.1. The van der Waals surface area contributed by atoms with Crippen LogP contribution in [0, 0.1) is 5.82 Å². The number of aromatic nitrogens is 3. The number of hydrogen-bond donors (Lipinski definition) is 2. The van der Waals surface area contributed by atoms with Crippen molar-refractivity contribution in [1.29, 1.82) is 0 Å². The number of rotatable bonds is 3. The first kappa shape index (κ1) is 13.0. The molecule has 0 bridgehead atoms. The van der Waals surface area contributed by atoms with E-state index in [-0.39, 0.29) is 17.0 Å². The first-order valence-electron chi connectivity index (χ1n) is 6.02. The molecular formula is C14H10FN3O3. The predicted molar refractivity (Wildman–Crippen MR) is 72.8 cm³/mol. The summed E-state index contributed by atoms with van der Waals surface area (Å²) in [6, 6.07) is 5.83. The Balaban J connectivity index is 2.20. The van der Waals surface area contributed by atoms with Crippen molar-refractivity contribution in [2.45, 2.75) is 0 Å². The lowest BCUT2D eigenvalue weighted by molar-refractivity contribution is 0.0696. The van der Waals surface area contributed by atoms with Crippen LogP contribution in [0.4, 0.5) is 4.39 Å². The number of aromatic carboxylic acids is 1. The van der Waals surface area contributed by atoms with E-state index in [1.165, 1.54) is 31.5 Å². The monoisotopic (exact) mass is 287 g/mol. The van der Waals surface area contributed by atoms with E-state index in [9.17, 15) is 9.18 Å². The molecule has 1 aromatic carbocycles. The van der Waals surface area contributed by atoms with Crippen LogP contribution in [-0.4, -0.2) is 33.1 Å². The van der Waals surface area contributed by atoms with E-state index in [1.54, 1.807) is 6.07 Å². The first-order chi connectivity index (χ1) is 10.1. The summed E-state index contributed by atoms with van der Waals surface area (Å²) in [4.78, 5) is 21.9. The van der Waals surface area contributed by atoms with Crippen LogP contribution in [-0.2, 0) is 0 Å². The molecule has 6 nitrogen and oxygen atoms in total. The number of hydrogen-bond acceptors (Lipinski definition) is 4. The molecule has 0 aliphatic rings. The van der Waals surface area contributed by atoms with Crippen LogP contribution < -0.4 is 4.74 Å². The molecule has 2 heterocycles. The second-order valence-corrected chi connectivity index (χ2v) is 4.30. The van der Waals surface area contributed by atoms with E-state index in [0.717, 1.165) is 0 Å². The molecule has 0 radical (unpaired) electrons. The van der Waals surface area contributed by atoms with Gasteiger partial charge in [0.05, 0.1) is 23.8 Å². The van der Waals surface area contributed by atoms with Crippen LogP contribution >= 0.6 is 0 Å². The fourth-order valence-electron chi connectivity index (χ4n) is 2.04. The number of pyridine rings is 1. The van der Waals surface area contributed by atoms with Gasteiger partial charge in [-0.1, -0.05) is 6.07 Å². The lowest BCUT2D eigenvalue weighted by Gasteiger charge is -2.06. The zero-order valence-electron chi connectivity index (χ0n) is 10.9. The van der Waals surface area contributed by atoms with Gasteiger partial charge >= 0.3 is 5.97 Å². The molecule has 0 unspecified atom stereocenters. The minimum atomic E-state index is -1.09. The molecule has 0 saturated carbocycles. The highest BCUT2D eigenvalue weighted by Crippen LogP contribution is 2.31. The molecule has 0 atom stereocenters. The summed E-state index contributed by atoms with van der Waals surface area (Å²) >= 11 is 0. The number of fused-ring (bicyclic) bond motifs is 1. The van der Waals surface area contributed by atoms with E-state index in [1.807, 2.05) is 0 Å². The third-order valence-corrected chi connectivity index (χ3v) is 3.02. The number of methoxy groups -OCH3 is 1. The van der Waals surface area contributed by atoms with Gasteiger partial charge in [0.25, 0.3) is 0 Å². The summed E-state index contributed by atoms with van der Waals surface area (Å²) < 4.78 is 19.1. The quantitative estimate of drug-likeness (QED) is 0.772. The summed E-state index contributed by atoms with van der Waals surface area (Å²) in [5, 5.41) is 8.94. The van der Waals surface area contributed by atoms with E-state index in [4.69, 9.17) is 9.84 Å². The number of H-pyrrole nitrogens is 1. The molecule has 0 aliphatic heterocycles. The van der Waals surface area contributed by atoms with E-state index >= 15 is 0 Å². The lowest BCUT2D eigenvalue weighted by Crippen LogP contribution is -1.96. The van der Waals surface area contributed by atoms with Gasteiger partial charge in [-0.2, -0.15) is 0 Å². The van der Waals surface area contributed by atoms with Crippen molar-refractivity contribution in [2.24, 2.45) is 0 Å². The van der Waals surface area contributed by atoms with Gasteiger partial charge in [0.1, 0.15) is 17.4 Å². The number of halogens is 1. The maximum absolute atomic E-state index is 14.0. The summed E-state index contributed by atoms with van der Waals surface area (Å²) in [5.74, 6) is -1.03. The summed E-state index contributed by atoms with van der Waals surface area (Å²) in [6.07, 6.45) is 1.20. The van der Waals surface area contributed by atoms with Crippen molar-refractivity contribution >= 4 is 17.1 Å². The van der Waals surface area contributed by atoms with E-state index in [2.05, 4.69) is 15.0 Å². The topological polar surface area (TPSA) is 88.1 Å². The van der Waals surface area contributed by atoms with Gasteiger partial charge in [-0.3, -0.25) is 0 Å². The second kappa shape index (κ2) is 4.86. The molecule has 106 valence electrons. The molecule has 3 rings (SSSR count). The zero-order valence-corrected chi connectivity index (χ0v) is 10.9. The number of nitrogens with one attached hydrogen (secondary N) is 1. The number of aromatic amines is 1. The Hall–Kier alpha value is -2.96. The van der Waals surface area contributed by atoms with Gasteiger partial charge in [0.15, 0.2) is 5.65 Å². The summed E-state index contributed by atoms with van der Waals surface area (Å²) in [6.45, 7) is 0. The molecular weight excluding hydrogens is 277 g/mol.